The fraction of sp³-hybridized carbons (Fsp3) is 0.250. The van der Waals surface area contributed by atoms with Crippen molar-refractivity contribution in [3.05, 3.63) is 69.2 Å². The van der Waals surface area contributed by atoms with Gasteiger partial charge in [0.15, 0.2) is 0 Å². The molecule has 0 spiro atoms. The number of fused-ring (bicyclic) bond motifs is 3. The summed E-state index contributed by atoms with van der Waals surface area (Å²) in [5.41, 5.74) is -0.684. The van der Waals surface area contributed by atoms with Crippen LogP contribution in [0.5, 0.6) is 0 Å². The van der Waals surface area contributed by atoms with E-state index in [2.05, 4.69) is 0 Å². The molecule has 0 N–H and O–H groups in total. The van der Waals surface area contributed by atoms with E-state index < -0.39 is 0 Å². The van der Waals surface area contributed by atoms with Gasteiger partial charge in [-0.1, -0.05) is 36.4 Å². The molecule has 0 unspecified atom stereocenters. The van der Waals surface area contributed by atoms with Crippen LogP contribution in [-0.2, 0) is 20.8 Å². The maximum atomic E-state index is 12.9. The van der Waals surface area contributed by atoms with Gasteiger partial charge < -0.3 is 9.47 Å². The van der Waals surface area contributed by atoms with Crippen LogP contribution in [-0.4, -0.2) is 30.4 Å². The summed E-state index contributed by atoms with van der Waals surface area (Å²) in [5.74, 6) is -0.375. The largest absolute Gasteiger partial charge is 0.463 e. The summed E-state index contributed by atoms with van der Waals surface area (Å²) in [6.07, 6.45) is 0. The highest BCUT2D eigenvalue weighted by Gasteiger charge is 2.10. The van der Waals surface area contributed by atoms with Crippen molar-refractivity contribution in [3.8, 4) is 0 Å². The van der Waals surface area contributed by atoms with Gasteiger partial charge in [-0.25, -0.2) is 0 Å². The molecule has 134 valence electrons. The Kier molecular flexibility index (Phi) is 5.43. The quantitative estimate of drug-likeness (QED) is 0.501. The minimum atomic E-state index is -0.375. The van der Waals surface area contributed by atoms with Gasteiger partial charge in [-0.05, 0) is 22.9 Å². The van der Waals surface area contributed by atoms with Crippen LogP contribution in [0.1, 0.15) is 6.92 Å². The van der Waals surface area contributed by atoms with Gasteiger partial charge >= 0.3 is 5.97 Å². The lowest BCUT2D eigenvalue weighted by Gasteiger charge is -2.05. The molecule has 0 bridgehead atoms. The molecule has 0 saturated heterocycles. The highest BCUT2D eigenvalue weighted by molar-refractivity contribution is 6.05. The molecule has 0 atom stereocenters. The van der Waals surface area contributed by atoms with Gasteiger partial charge in [0.2, 0.25) is 0 Å². The van der Waals surface area contributed by atoms with Gasteiger partial charge in [-0.2, -0.15) is 0 Å². The summed E-state index contributed by atoms with van der Waals surface area (Å²) in [7, 11) is 0. The third-order valence-electron chi connectivity index (χ3n) is 4.09. The summed E-state index contributed by atoms with van der Waals surface area (Å²) in [6, 6.07) is 14.4. The number of esters is 1. The third kappa shape index (κ3) is 3.65. The maximum absolute atomic E-state index is 12.9. The van der Waals surface area contributed by atoms with Crippen LogP contribution >= 0.6 is 0 Å². The molecule has 1 heterocycles. The summed E-state index contributed by atoms with van der Waals surface area (Å²) in [4.78, 5) is 36.5. The molecule has 2 aromatic carbocycles. The van der Waals surface area contributed by atoms with Crippen LogP contribution in [0.3, 0.4) is 0 Å². The predicted octanol–water partition coefficient (Wildman–Crippen LogP) is 2.09. The molecule has 0 saturated carbocycles. The van der Waals surface area contributed by atoms with Gasteiger partial charge in [-0.3, -0.25) is 19.0 Å². The fourth-order valence-electron chi connectivity index (χ4n) is 2.90. The number of carbonyl (C=O) groups excluding carboxylic acids is 1. The first-order valence-electron chi connectivity index (χ1n) is 8.35. The molecule has 0 amide bonds. The van der Waals surface area contributed by atoms with Crippen molar-refractivity contribution in [2.45, 2.75) is 13.5 Å². The SMILES string of the molecule is CC(=O)OCCOCCn1c(=O)c2ccccc2c2ccccc2c1=O. The number of hydrogen-bond acceptors (Lipinski definition) is 5. The number of aromatic nitrogens is 1. The van der Waals surface area contributed by atoms with Gasteiger partial charge in [-0.15, -0.1) is 0 Å². The number of carbonyl (C=O) groups is 1. The Labute approximate surface area is 149 Å². The number of ether oxygens (including phenoxy) is 2. The van der Waals surface area contributed by atoms with Crippen LogP contribution in [0, 0.1) is 0 Å². The zero-order valence-corrected chi connectivity index (χ0v) is 14.4. The van der Waals surface area contributed by atoms with E-state index in [1.165, 1.54) is 11.5 Å². The normalized spacial score (nSPS) is 11.0. The number of rotatable bonds is 6. The summed E-state index contributed by atoms with van der Waals surface area (Å²) >= 11 is 0. The standard InChI is InChI=1S/C20H19NO5/c1-14(22)26-13-12-25-11-10-21-19(23)17-8-4-2-6-15(17)16-7-3-5-9-18(16)20(21)24/h2-9H,10-13H2,1H3. The van der Waals surface area contributed by atoms with Gasteiger partial charge in [0.25, 0.3) is 11.1 Å². The molecule has 3 rings (SSSR count). The zero-order chi connectivity index (χ0) is 18.5. The summed E-state index contributed by atoms with van der Waals surface area (Å²) in [5, 5.41) is 2.48. The first-order valence-corrected chi connectivity index (χ1v) is 8.35. The van der Waals surface area contributed by atoms with Crippen molar-refractivity contribution < 1.29 is 14.3 Å². The van der Waals surface area contributed by atoms with Crippen molar-refractivity contribution in [1.29, 1.82) is 0 Å². The highest BCUT2D eigenvalue weighted by Crippen LogP contribution is 2.19. The molecule has 0 aliphatic heterocycles. The van der Waals surface area contributed by atoms with Crippen LogP contribution in [0.2, 0.25) is 0 Å². The van der Waals surface area contributed by atoms with E-state index in [9.17, 15) is 14.4 Å². The smallest absolute Gasteiger partial charge is 0.302 e. The Morgan fingerprint density at radius 1 is 0.808 bits per heavy atom. The van der Waals surface area contributed by atoms with E-state index >= 15 is 0 Å². The number of hydrogen-bond donors (Lipinski definition) is 0. The van der Waals surface area contributed by atoms with Crippen molar-refractivity contribution in [3.63, 3.8) is 0 Å². The summed E-state index contributed by atoms with van der Waals surface area (Å²) in [6.45, 7) is 1.97. The predicted molar refractivity (Wildman–Crippen MR) is 99.4 cm³/mol. The van der Waals surface area contributed by atoms with E-state index in [-0.39, 0.29) is 43.5 Å². The van der Waals surface area contributed by atoms with Crippen LogP contribution in [0.25, 0.3) is 21.5 Å². The lowest BCUT2D eigenvalue weighted by Crippen LogP contribution is -2.32. The van der Waals surface area contributed by atoms with Crippen molar-refractivity contribution in [2.75, 3.05) is 19.8 Å². The molecular formula is C20H19NO5. The molecule has 26 heavy (non-hydrogen) atoms. The van der Waals surface area contributed by atoms with E-state index in [4.69, 9.17) is 9.47 Å². The molecule has 6 heteroatoms. The van der Waals surface area contributed by atoms with E-state index in [0.717, 1.165) is 10.8 Å². The second kappa shape index (κ2) is 7.93. The number of nitrogens with zero attached hydrogens (tertiary/aromatic N) is 1. The average Bonchev–Trinajstić information content (AvgIpc) is 2.74. The molecule has 0 fully saturated rings. The van der Waals surface area contributed by atoms with Crippen molar-refractivity contribution >= 4 is 27.5 Å². The average molecular weight is 353 g/mol. The Balaban J connectivity index is 1.98. The zero-order valence-electron chi connectivity index (χ0n) is 14.4. The minimum absolute atomic E-state index is 0.125. The molecular weight excluding hydrogens is 334 g/mol. The Morgan fingerprint density at radius 3 is 1.81 bits per heavy atom. The number of benzene rings is 2. The van der Waals surface area contributed by atoms with E-state index in [1.54, 1.807) is 24.3 Å². The fourth-order valence-corrected chi connectivity index (χ4v) is 2.90. The van der Waals surface area contributed by atoms with Crippen LogP contribution < -0.4 is 11.1 Å². The lowest BCUT2D eigenvalue weighted by atomic mass is 10.1. The van der Waals surface area contributed by atoms with Crippen LogP contribution in [0.4, 0.5) is 0 Å². The van der Waals surface area contributed by atoms with Gasteiger partial charge in [0, 0.05) is 17.7 Å². The highest BCUT2D eigenvalue weighted by atomic mass is 16.6. The minimum Gasteiger partial charge on any atom is -0.463 e. The Morgan fingerprint density at radius 2 is 1.31 bits per heavy atom. The maximum Gasteiger partial charge on any atom is 0.302 e. The second-order valence-electron chi connectivity index (χ2n) is 5.81. The first kappa shape index (κ1) is 17.8. The van der Waals surface area contributed by atoms with Crippen molar-refractivity contribution in [2.24, 2.45) is 0 Å². The summed E-state index contributed by atoms with van der Waals surface area (Å²) < 4.78 is 11.4. The van der Waals surface area contributed by atoms with Gasteiger partial charge in [0.1, 0.15) is 6.61 Å². The first-order chi connectivity index (χ1) is 12.6. The third-order valence-corrected chi connectivity index (χ3v) is 4.09. The molecule has 6 nitrogen and oxygen atoms in total. The molecule has 0 aliphatic carbocycles. The van der Waals surface area contributed by atoms with Crippen molar-refractivity contribution in [1.82, 2.24) is 4.57 Å². The monoisotopic (exact) mass is 353 g/mol. The molecule has 1 aromatic heterocycles. The van der Waals surface area contributed by atoms with E-state index in [0.29, 0.717) is 10.8 Å². The second-order valence-corrected chi connectivity index (χ2v) is 5.81. The molecule has 3 aromatic rings. The van der Waals surface area contributed by atoms with E-state index in [1.807, 2.05) is 24.3 Å². The topological polar surface area (TPSA) is 74.6 Å². The Bertz CT molecular complexity index is 998. The van der Waals surface area contributed by atoms with Crippen LogP contribution in [0.15, 0.2) is 58.1 Å². The Hall–Kier alpha value is -2.99. The lowest BCUT2D eigenvalue weighted by molar-refractivity contribution is -0.142. The molecule has 0 aliphatic rings. The molecule has 0 radical (unpaired) electrons. The van der Waals surface area contributed by atoms with Gasteiger partial charge in [0.05, 0.1) is 19.8 Å².